The molecule has 3 rings (SSSR count). The van der Waals surface area contributed by atoms with Gasteiger partial charge < -0.3 is 14.8 Å². The molecule has 6 nitrogen and oxygen atoms in total. The summed E-state index contributed by atoms with van der Waals surface area (Å²) >= 11 is 0. The van der Waals surface area contributed by atoms with Crippen molar-refractivity contribution >= 4 is 0 Å². The van der Waals surface area contributed by atoms with Crippen LogP contribution in [-0.2, 0) is 6.42 Å². The minimum atomic E-state index is -0.351. The number of nitrogens with zero attached hydrogens (tertiary/aromatic N) is 2. The normalized spacial score (nSPS) is 13.2. The molecule has 0 saturated carbocycles. The monoisotopic (exact) mass is 245 g/mol. The zero-order chi connectivity index (χ0) is 12.7. The number of aromatic hydroxyl groups is 1. The van der Waals surface area contributed by atoms with Crippen molar-refractivity contribution in [1.29, 1.82) is 0 Å². The average Bonchev–Trinajstić information content (AvgIpc) is 2.77. The molecule has 2 aromatic rings. The van der Waals surface area contributed by atoms with Gasteiger partial charge in [0.15, 0.2) is 5.82 Å². The van der Waals surface area contributed by atoms with E-state index in [9.17, 15) is 9.90 Å². The molecule has 0 spiro atoms. The van der Waals surface area contributed by atoms with Crippen molar-refractivity contribution in [3.63, 3.8) is 0 Å². The van der Waals surface area contributed by atoms with Gasteiger partial charge in [-0.2, -0.15) is 5.10 Å². The number of aryl methyl sites for hydroxylation is 1. The van der Waals surface area contributed by atoms with Crippen LogP contribution in [0, 0.1) is 6.92 Å². The Hall–Kier alpha value is -2.37. The number of hydrogen-bond acceptors (Lipinski definition) is 5. The molecular formula is C12H11N3O3. The van der Waals surface area contributed by atoms with Crippen molar-refractivity contribution in [3.05, 3.63) is 33.7 Å². The zero-order valence-corrected chi connectivity index (χ0v) is 9.73. The Labute approximate surface area is 102 Å². The van der Waals surface area contributed by atoms with Crippen LogP contribution in [0.4, 0.5) is 0 Å². The van der Waals surface area contributed by atoms with E-state index in [2.05, 4.69) is 15.2 Å². The van der Waals surface area contributed by atoms with Gasteiger partial charge in [-0.25, -0.2) is 0 Å². The quantitative estimate of drug-likeness (QED) is 0.775. The summed E-state index contributed by atoms with van der Waals surface area (Å²) in [6.07, 6.45) is 1.74. The molecule has 0 saturated heterocycles. The van der Waals surface area contributed by atoms with Crippen LogP contribution in [0.5, 0.6) is 11.5 Å². The van der Waals surface area contributed by atoms with Crippen LogP contribution < -0.4 is 10.3 Å². The lowest BCUT2D eigenvalue weighted by atomic mass is 10.0. The first kappa shape index (κ1) is 10.8. The highest BCUT2D eigenvalue weighted by atomic mass is 16.5. The third-order valence-corrected chi connectivity index (χ3v) is 2.98. The lowest BCUT2D eigenvalue weighted by molar-refractivity contribution is 0.356. The molecule has 0 unspecified atom stereocenters. The molecule has 1 aromatic heterocycles. The van der Waals surface area contributed by atoms with Crippen LogP contribution in [0.2, 0.25) is 0 Å². The molecule has 0 aliphatic carbocycles. The van der Waals surface area contributed by atoms with Gasteiger partial charge >= 0.3 is 0 Å². The highest BCUT2D eigenvalue weighted by Gasteiger charge is 2.23. The number of hydrogen-bond donors (Lipinski definition) is 2. The number of ether oxygens (including phenoxy) is 1. The molecule has 0 bridgehead atoms. The molecule has 2 heterocycles. The molecule has 18 heavy (non-hydrogen) atoms. The van der Waals surface area contributed by atoms with Gasteiger partial charge in [-0.1, -0.05) is 0 Å². The first-order valence-electron chi connectivity index (χ1n) is 5.57. The van der Waals surface area contributed by atoms with Crippen LogP contribution in [0.1, 0.15) is 11.1 Å². The highest BCUT2D eigenvalue weighted by molar-refractivity contribution is 5.72. The van der Waals surface area contributed by atoms with Crippen LogP contribution >= 0.6 is 0 Å². The molecule has 0 amide bonds. The van der Waals surface area contributed by atoms with Gasteiger partial charge in [-0.05, 0) is 18.6 Å². The minimum Gasteiger partial charge on any atom is -0.507 e. The molecule has 1 aliphatic rings. The minimum absolute atomic E-state index is 0.110. The Morgan fingerprint density at radius 1 is 1.50 bits per heavy atom. The van der Waals surface area contributed by atoms with Crippen molar-refractivity contribution < 1.29 is 9.84 Å². The maximum absolute atomic E-state index is 11.3. The molecule has 0 atom stereocenters. The van der Waals surface area contributed by atoms with E-state index in [0.29, 0.717) is 24.3 Å². The highest BCUT2D eigenvalue weighted by Crippen LogP contribution is 2.41. The average molecular weight is 245 g/mol. The van der Waals surface area contributed by atoms with Gasteiger partial charge in [0.05, 0.1) is 12.2 Å². The molecule has 1 aromatic carbocycles. The second kappa shape index (κ2) is 3.83. The van der Waals surface area contributed by atoms with Gasteiger partial charge in [-0.15, -0.1) is 5.10 Å². The Bertz CT molecular complexity index is 679. The summed E-state index contributed by atoms with van der Waals surface area (Å²) in [5.74, 6) is 1.07. The van der Waals surface area contributed by atoms with E-state index >= 15 is 0 Å². The van der Waals surface area contributed by atoms with Gasteiger partial charge in [0, 0.05) is 12.0 Å². The first-order valence-corrected chi connectivity index (χ1v) is 5.57. The van der Waals surface area contributed by atoms with E-state index in [1.54, 1.807) is 0 Å². The second-order valence-electron chi connectivity index (χ2n) is 4.17. The summed E-state index contributed by atoms with van der Waals surface area (Å²) in [6.45, 7) is 2.38. The van der Waals surface area contributed by atoms with E-state index in [-0.39, 0.29) is 17.1 Å². The van der Waals surface area contributed by atoms with Crippen molar-refractivity contribution in [1.82, 2.24) is 15.2 Å². The van der Waals surface area contributed by atoms with Crippen molar-refractivity contribution in [2.24, 2.45) is 0 Å². The van der Waals surface area contributed by atoms with Gasteiger partial charge in [0.1, 0.15) is 17.7 Å². The number of phenolic OH excluding ortho intramolecular Hbond substituents is 1. The predicted molar refractivity (Wildman–Crippen MR) is 63.7 cm³/mol. The summed E-state index contributed by atoms with van der Waals surface area (Å²) in [6, 6.07) is 1.84. The van der Waals surface area contributed by atoms with Crippen LogP contribution in [0.3, 0.4) is 0 Å². The van der Waals surface area contributed by atoms with E-state index in [4.69, 9.17) is 4.74 Å². The Balaban J connectivity index is 2.27. The molecule has 2 N–H and O–H groups in total. The summed E-state index contributed by atoms with van der Waals surface area (Å²) in [4.78, 5) is 13.8. The van der Waals surface area contributed by atoms with Crippen molar-refractivity contribution in [2.45, 2.75) is 13.3 Å². The van der Waals surface area contributed by atoms with E-state index in [0.717, 1.165) is 17.3 Å². The molecule has 6 heteroatoms. The SMILES string of the molecule is Cc1cc2c(c(O)c1-c1nncc(=O)[nH]1)CCO2. The van der Waals surface area contributed by atoms with Crippen LogP contribution in [0.25, 0.3) is 11.4 Å². The van der Waals surface area contributed by atoms with Crippen molar-refractivity contribution in [2.75, 3.05) is 6.61 Å². The Kier molecular flexibility index (Phi) is 2.29. The number of aromatic amines is 1. The molecule has 92 valence electrons. The molecule has 0 fully saturated rings. The Morgan fingerprint density at radius 2 is 2.33 bits per heavy atom. The van der Waals surface area contributed by atoms with Gasteiger partial charge in [0.25, 0.3) is 5.56 Å². The van der Waals surface area contributed by atoms with Gasteiger partial charge in [0.2, 0.25) is 0 Å². The number of nitrogens with one attached hydrogen (secondary N) is 1. The standard InChI is InChI=1S/C12H11N3O3/c1-6-4-8-7(2-3-18-8)11(17)10(6)12-14-9(16)5-13-15-12/h4-5,17H,2-3H2,1H3,(H,14,15,16). The van der Waals surface area contributed by atoms with E-state index in [1.165, 1.54) is 0 Å². The summed E-state index contributed by atoms with van der Waals surface area (Å²) < 4.78 is 5.41. The lowest BCUT2D eigenvalue weighted by Gasteiger charge is -2.10. The molecular weight excluding hydrogens is 234 g/mol. The van der Waals surface area contributed by atoms with Gasteiger partial charge in [-0.3, -0.25) is 4.79 Å². The molecule has 1 aliphatic heterocycles. The fourth-order valence-corrected chi connectivity index (χ4v) is 2.17. The number of fused-ring (bicyclic) bond motifs is 1. The number of aromatic nitrogens is 3. The topological polar surface area (TPSA) is 88.1 Å². The summed E-state index contributed by atoms with van der Waals surface area (Å²) in [7, 11) is 0. The lowest BCUT2D eigenvalue weighted by Crippen LogP contribution is -2.09. The number of rotatable bonds is 1. The first-order chi connectivity index (χ1) is 8.66. The number of benzene rings is 1. The van der Waals surface area contributed by atoms with Crippen molar-refractivity contribution in [3.8, 4) is 22.9 Å². The van der Waals surface area contributed by atoms with Crippen LogP contribution in [-0.4, -0.2) is 26.9 Å². The summed E-state index contributed by atoms with van der Waals surface area (Å²) in [5, 5.41) is 17.7. The second-order valence-corrected chi connectivity index (χ2v) is 4.17. The maximum Gasteiger partial charge on any atom is 0.269 e. The largest absolute Gasteiger partial charge is 0.507 e. The third kappa shape index (κ3) is 1.54. The number of phenols is 1. The fraction of sp³-hybridized carbons (Fsp3) is 0.250. The predicted octanol–water partition coefficient (Wildman–Crippen LogP) is 0.781. The smallest absolute Gasteiger partial charge is 0.269 e. The summed E-state index contributed by atoms with van der Waals surface area (Å²) in [5.41, 5.74) is 1.69. The number of H-pyrrole nitrogens is 1. The van der Waals surface area contributed by atoms with E-state index in [1.807, 2.05) is 13.0 Å². The Morgan fingerprint density at radius 3 is 3.11 bits per heavy atom. The zero-order valence-electron chi connectivity index (χ0n) is 9.73. The van der Waals surface area contributed by atoms with Crippen LogP contribution in [0.15, 0.2) is 17.1 Å². The third-order valence-electron chi connectivity index (χ3n) is 2.98. The molecule has 0 radical (unpaired) electrons. The fourth-order valence-electron chi connectivity index (χ4n) is 2.17. The van der Waals surface area contributed by atoms with E-state index < -0.39 is 0 Å². The maximum atomic E-state index is 11.3.